The van der Waals surface area contributed by atoms with Crippen molar-refractivity contribution in [2.45, 2.75) is 6.92 Å². The van der Waals surface area contributed by atoms with E-state index in [0.29, 0.717) is 5.69 Å². The van der Waals surface area contributed by atoms with Gasteiger partial charge in [-0.15, -0.1) is 0 Å². The van der Waals surface area contributed by atoms with Crippen LogP contribution in [0.3, 0.4) is 0 Å². The van der Waals surface area contributed by atoms with Crippen LogP contribution in [0.15, 0.2) is 12.1 Å². The van der Waals surface area contributed by atoms with E-state index in [2.05, 4.69) is 9.72 Å². The molecule has 6 nitrogen and oxygen atoms in total. The molecular weight excluding hydrogens is 214 g/mol. The summed E-state index contributed by atoms with van der Waals surface area (Å²) in [6.45, 7) is 1.32. The first kappa shape index (κ1) is 12.0. The average Bonchev–Trinajstić information content (AvgIpc) is 2.26. The fraction of sp³-hybridized carbons (Fsp3) is 0.300. The first-order valence-corrected chi connectivity index (χ1v) is 4.45. The largest absolute Gasteiger partial charge is 0.479 e. The fourth-order valence-electron chi connectivity index (χ4n) is 1.01. The Hall–Kier alpha value is -2.11. The Morgan fingerprint density at radius 3 is 2.69 bits per heavy atom. The number of methoxy groups -OCH3 is 1. The van der Waals surface area contributed by atoms with Crippen molar-refractivity contribution < 1.29 is 24.2 Å². The second-order valence-corrected chi connectivity index (χ2v) is 2.97. The first-order chi connectivity index (χ1) is 7.54. The highest BCUT2D eigenvalue weighted by molar-refractivity contribution is 5.88. The van der Waals surface area contributed by atoms with Crippen molar-refractivity contribution in [2.75, 3.05) is 13.7 Å². The monoisotopic (exact) mass is 225 g/mol. The van der Waals surface area contributed by atoms with Crippen LogP contribution in [0.25, 0.3) is 0 Å². The molecule has 1 aromatic rings. The van der Waals surface area contributed by atoms with Crippen molar-refractivity contribution in [1.29, 1.82) is 0 Å². The van der Waals surface area contributed by atoms with E-state index in [9.17, 15) is 9.59 Å². The lowest BCUT2D eigenvalue weighted by atomic mass is 10.3. The number of carbonyl (C=O) groups is 2. The quantitative estimate of drug-likeness (QED) is 0.757. The highest BCUT2D eigenvalue weighted by atomic mass is 16.6. The molecule has 0 aliphatic heterocycles. The number of hydrogen-bond acceptors (Lipinski definition) is 5. The van der Waals surface area contributed by atoms with Crippen LogP contribution in [-0.4, -0.2) is 35.7 Å². The molecule has 1 aromatic heterocycles. The van der Waals surface area contributed by atoms with E-state index < -0.39 is 11.9 Å². The maximum absolute atomic E-state index is 10.8. The minimum atomic E-state index is -1.21. The summed E-state index contributed by atoms with van der Waals surface area (Å²) in [5.74, 6) is -1.75. The van der Waals surface area contributed by atoms with Crippen LogP contribution in [0.4, 0.5) is 0 Å². The Labute approximate surface area is 91.8 Å². The summed E-state index contributed by atoms with van der Waals surface area (Å²) in [6.07, 6.45) is 0. The van der Waals surface area contributed by atoms with Gasteiger partial charge >= 0.3 is 11.9 Å². The second-order valence-electron chi connectivity index (χ2n) is 2.97. The molecule has 0 fully saturated rings. The van der Waals surface area contributed by atoms with Crippen LogP contribution in [-0.2, 0) is 9.53 Å². The minimum Gasteiger partial charge on any atom is -0.479 e. The molecular formula is C10H11NO5. The normalized spacial score (nSPS) is 9.62. The van der Waals surface area contributed by atoms with Crippen LogP contribution in [0.1, 0.15) is 16.2 Å². The lowest BCUT2D eigenvalue weighted by molar-refractivity contribution is -0.142. The molecule has 0 atom stereocenters. The van der Waals surface area contributed by atoms with Gasteiger partial charge in [0.05, 0.1) is 7.11 Å². The SMILES string of the molecule is COC(=O)COc1ccc(C)nc1C(=O)O. The van der Waals surface area contributed by atoms with E-state index in [-0.39, 0.29) is 18.1 Å². The number of ether oxygens (including phenoxy) is 2. The molecule has 0 aliphatic rings. The number of rotatable bonds is 4. The Kier molecular flexibility index (Phi) is 3.82. The van der Waals surface area contributed by atoms with Crippen LogP contribution in [0.2, 0.25) is 0 Å². The molecule has 16 heavy (non-hydrogen) atoms. The fourth-order valence-corrected chi connectivity index (χ4v) is 1.01. The summed E-state index contributed by atoms with van der Waals surface area (Å²) in [7, 11) is 1.22. The number of carboxylic acids is 1. The molecule has 0 amide bonds. The predicted octanol–water partition coefficient (Wildman–Crippen LogP) is 0.640. The maximum atomic E-state index is 10.8. The van der Waals surface area contributed by atoms with Gasteiger partial charge in [0, 0.05) is 5.69 Å². The van der Waals surface area contributed by atoms with Gasteiger partial charge in [0.2, 0.25) is 0 Å². The molecule has 1 heterocycles. The zero-order chi connectivity index (χ0) is 12.1. The number of nitrogens with zero attached hydrogens (tertiary/aromatic N) is 1. The van der Waals surface area contributed by atoms with Gasteiger partial charge in [-0.3, -0.25) is 0 Å². The van der Waals surface area contributed by atoms with E-state index in [4.69, 9.17) is 9.84 Å². The highest BCUT2D eigenvalue weighted by Gasteiger charge is 2.14. The van der Waals surface area contributed by atoms with Gasteiger partial charge in [0.15, 0.2) is 18.1 Å². The van der Waals surface area contributed by atoms with E-state index in [0.717, 1.165) is 0 Å². The van der Waals surface area contributed by atoms with Crippen molar-refractivity contribution in [3.8, 4) is 5.75 Å². The Bertz CT molecular complexity index is 416. The van der Waals surface area contributed by atoms with Gasteiger partial charge in [0.25, 0.3) is 0 Å². The Morgan fingerprint density at radius 2 is 2.12 bits per heavy atom. The first-order valence-electron chi connectivity index (χ1n) is 4.45. The van der Waals surface area contributed by atoms with Crippen molar-refractivity contribution in [1.82, 2.24) is 4.98 Å². The topological polar surface area (TPSA) is 85.7 Å². The number of aryl methyl sites for hydroxylation is 1. The highest BCUT2D eigenvalue weighted by Crippen LogP contribution is 2.16. The van der Waals surface area contributed by atoms with E-state index in [1.165, 1.54) is 13.2 Å². The van der Waals surface area contributed by atoms with Crippen molar-refractivity contribution in [3.63, 3.8) is 0 Å². The average molecular weight is 225 g/mol. The summed E-state index contributed by atoms with van der Waals surface area (Å²) < 4.78 is 9.35. The van der Waals surface area contributed by atoms with Gasteiger partial charge in [-0.1, -0.05) is 0 Å². The molecule has 0 saturated carbocycles. The summed E-state index contributed by atoms with van der Waals surface area (Å²) in [4.78, 5) is 25.4. The van der Waals surface area contributed by atoms with Gasteiger partial charge in [-0.2, -0.15) is 0 Å². The van der Waals surface area contributed by atoms with E-state index >= 15 is 0 Å². The van der Waals surface area contributed by atoms with Gasteiger partial charge in [0.1, 0.15) is 0 Å². The van der Waals surface area contributed by atoms with Crippen LogP contribution < -0.4 is 4.74 Å². The standard InChI is InChI=1S/C10H11NO5/c1-6-3-4-7(9(11-6)10(13)14)16-5-8(12)15-2/h3-4H,5H2,1-2H3,(H,13,14). The number of aromatic nitrogens is 1. The van der Waals surface area contributed by atoms with Gasteiger partial charge in [-0.05, 0) is 19.1 Å². The van der Waals surface area contributed by atoms with Crippen LogP contribution in [0, 0.1) is 6.92 Å². The maximum Gasteiger partial charge on any atom is 0.358 e. The zero-order valence-corrected chi connectivity index (χ0v) is 8.89. The third kappa shape index (κ3) is 2.94. The van der Waals surface area contributed by atoms with Gasteiger partial charge < -0.3 is 14.6 Å². The predicted molar refractivity (Wildman–Crippen MR) is 53.4 cm³/mol. The summed E-state index contributed by atoms with van der Waals surface area (Å²) >= 11 is 0. The summed E-state index contributed by atoms with van der Waals surface area (Å²) in [6, 6.07) is 3.05. The molecule has 86 valence electrons. The Balaban J connectivity index is 2.87. The molecule has 0 saturated heterocycles. The molecule has 0 aliphatic carbocycles. The number of carbonyl (C=O) groups excluding carboxylic acids is 1. The van der Waals surface area contributed by atoms with Crippen molar-refractivity contribution in [2.24, 2.45) is 0 Å². The second kappa shape index (κ2) is 5.11. The molecule has 0 radical (unpaired) electrons. The molecule has 0 unspecified atom stereocenters. The van der Waals surface area contributed by atoms with Crippen molar-refractivity contribution >= 4 is 11.9 Å². The smallest absolute Gasteiger partial charge is 0.358 e. The lowest BCUT2D eigenvalue weighted by Gasteiger charge is -2.07. The minimum absolute atomic E-state index is 0.0449. The van der Waals surface area contributed by atoms with Crippen molar-refractivity contribution in [3.05, 3.63) is 23.5 Å². The van der Waals surface area contributed by atoms with E-state index in [1.807, 2.05) is 0 Å². The summed E-state index contributed by atoms with van der Waals surface area (Å²) in [5.41, 5.74) is 0.340. The lowest BCUT2D eigenvalue weighted by Crippen LogP contribution is -2.15. The third-order valence-electron chi connectivity index (χ3n) is 1.77. The zero-order valence-electron chi connectivity index (χ0n) is 8.89. The molecule has 1 N–H and O–H groups in total. The molecule has 1 rings (SSSR count). The number of pyridine rings is 1. The van der Waals surface area contributed by atoms with Crippen LogP contribution >= 0.6 is 0 Å². The van der Waals surface area contributed by atoms with Gasteiger partial charge in [-0.25, -0.2) is 14.6 Å². The Morgan fingerprint density at radius 1 is 1.44 bits per heavy atom. The van der Waals surface area contributed by atoms with Crippen LogP contribution in [0.5, 0.6) is 5.75 Å². The molecule has 0 spiro atoms. The number of hydrogen-bond donors (Lipinski definition) is 1. The number of esters is 1. The molecule has 6 heteroatoms. The molecule has 0 bridgehead atoms. The summed E-state index contributed by atoms with van der Waals surface area (Å²) in [5, 5.41) is 8.85. The number of aromatic carboxylic acids is 1. The number of carboxylic acid groups (broad SMARTS) is 1. The molecule has 0 aromatic carbocycles. The van der Waals surface area contributed by atoms with E-state index in [1.54, 1.807) is 13.0 Å². The third-order valence-corrected chi connectivity index (χ3v) is 1.77.